The van der Waals surface area contributed by atoms with Gasteiger partial charge in [0, 0.05) is 16.1 Å². The zero-order valence-corrected chi connectivity index (χ0v) is 15.9. The average Bonchev–Trinajstić information content (AvgIpc) is 2.96. The van der Waals surface area contributed by atoms with Crippen LogP contribution in [0.1, 0.15) is 11.3 Å². The fourth-order valence-corrected chi connectivity index (χ4v) is 2.90. The van der Waals surface area contributed by atoms with Gasteiger partial charge in [0.15, 0.2) is 6.61 Å². The number of carbonyl (C=O) groups excluding carboxylic acids is 1. The van der Waals surface area contributed by atoms with Crippen LogP contribution in [0.3, 0.4) is 0 Å². The monoisotopic (exact) mass is 407 g/mol. The summed E-state index contributed by atoms with van der Waals surface area (Å²) in [6.45, 7) is 1.99. The number of carbonyl (C=O) groups is 1. The summed E-state index contributed by atoms with van der Waals surface area (Å²) in [6.07, 6.45) is 0. The molecule has 3 rings (SSSR count). The Bertz CT molecular complexity index is 958. The van der Waals surface area contributed by atoms with E-state index in [1.54, 1.807) is 22.9 Å². The second kappa shape index (κ2) is 8.41. The van der Waals surface area contributed by atoms with Gasteiger partial charge in [-0.05, 0) is 48.9 Å². The molecule has 27 heavy (non-hydrogen) atoms. The third kappa shape index (κ3) is 5.21. The molecule has 0 aliphatic rings. The summed E-state index contributed by atoms with van der Waals surface area (Å²) >= 11 is 12.1. The molecule has 0 saturated carbocycles. The van der Waals surface area contributed by atoms with Crippen LogP contribution < -0.4 is 10.1 Å². The molecule has 3 aromatic rings. The largest absolute Gasteiger partial charge is 0.484 e. The molecular formula is C19H16Cl2FN3O2. The molecule has 0 aliphatic carbocycles. The Morgan fingerprint density at radius 3 is 2.63 bits per heavy atom. The van der Waals surface area contributed by atoms with Crippen molar-refractivity contribution in [3.05, 3.63) is 75.7 Å². The minimum Gasteiger partial charge on any atom is -0.484 e. The molecule has 1 N–H and O–H groups in total. The summed E-state index contributed by atoms with van der Waals surface area (Å²) in [5.41, 5.74) is 1.57. The van der Waals surface area contributed by atoms with Crippen LogP contribution in [0.5, 0.6) is 5.75 Å². The van der Waals surface area contributed by atoms with Crippen molar-refractivity contribution in [2.45, 2.75) is 13.5 Å². The molecule has 2 aromatic carbocycles. The van der Waals surface area contributed by atoms with Crippen LogP contribution in [-0.2, 0) is 11.3 Å². The highest BCUT2D eigenvalue weighted by atomic mass is 35.5. The fraction of sp³-hybridized carbons (Fsp3) is 0.158. The van der Waals surface area contributed by atoms with Crippen LogP contribution >= 0.6 is 23.2 Å². The molecule has 8 heteroatoms. The van der Waals surface area contributed by atoms with Crippen molar-refractivity contribution in [3.63, 3.8) is 0 Å². The zero-order chi connectivity index (χ0) is 19.4. The van der Waals surface area contributed by atoms with Gasteiger partial charge < -0.3 is 10.1 Å². The van der Waals surface area contributed by atoms with E-state index in [4.69, 9.17) is 27.9 Å². The topological polar surface area (TPSA) is 56.1 Å². The van der Waals surface area contributed by atoms with E-state index in [9.17, 15) is 9.18 Å². The summed E-state index contributed by atoms with van der Waals surface area (Å²) in [6, 6.07) is 12.4. The number of halogens is 3. The van der Waals surface area contributed by atoms with Gasteiger partial charge in [-0.1, -0.05) is 29.3 Å². The highest BCUT2D eigenvalue weighted by Crippen LogP contribution is 2.23. The summed E-state index contributed by atoms with van der Waals surface area (Å²) in [5.74, 6) is 0.199. The van der Waals surface area contributed by atoms with E-state index in [-0.39, 0.29) is 18.3 Å². The Morgan fingerprint density at radius 1 is 1.19 bits per heavy atom. The number of benzene rings is 2. The Kier molecular flexibility index (Phi) is 5.98. The predicted octanol–water partition coefficient (Wildman–Crippen LogP) is 4.70. The highest BCUT2D eigenvalue weighted by Gasteiger charge is 2.12. The number of aryl methyl sites for hydroxylation is 1. The highest BCUT2D eigenvalue weighted by molar-refractivity contribution is 6.35. The molecule has 0 bridgehead atoms. The van der Waals surface area contributed by atoms with Crippen LogP contribution in [0.25, 0.3) is 0 Å². The number of anilines is 1. The molecule has 1 amide bonds. The molecule has 0 atom stereocenters. The van der Waals surface area contributed by atoms with Gasteiger partial charge in [0.25, 0.3) is 5.91 Å². The van der Waals surface area contributed by atoms with Crippen LogP contribution in [0, 0.1) is 12.7 Å². The lowest BCUT2D eigenvalue weighted by molar-refractivity contribution is -0.118. The van der Waals surface area contributed by atoms with Crippen molar-refractivity contribution in [2.24, 2.45) is 0 Å². The molecule has 1 heterocycles. The first kappa shape index (κ1) is 19.2. The third-order valence-electron chi connectivity index (χ3n) is 3.69. The molecule has 1 aromatic heterocycles. The number of hydrogen-bond donors (Lipinski definition) is 1. The predicted molar refractivity (Wildman–Crippen MR) is 103 cm³/mol. The van der Waals surface area contributed by atoms with Crippen LogP contribution in [0.15, 0.2) is 48.5 Å². The van der Waals surface area contributed by atoms with E-state index in [0.717, 1.165) is 11.3 Å². The maximum Gasteiger partial charge on any atom is 0.263 e. The molecule has 0 aliphatic heterocycles. The number of amides is 1. The van der Waals surface area contributed by atoms with Gasteiger partial charge >= 0.3 is 0 Å². The normalized spacial score (nSPS) is 10.7. The van der Waals surface area contributed by atoms with Gasteiger partial charge in [0.1, 0.15) is 17.4 Å². The molecule has 140 valence electrons. The van der Waals surface area contributed by atoms with Crippen LogP contribution in [0.4, 0.5) is 10.2 Å². The second-order valence-corrected chi connectivity index (χ2v) is 6.70. The van der Waals surface area contributed by atoms with Crippen LogP contribution in [-0.4, -0.2) is 22.3 Å². The van der Waals surface area contributed by atoms with Gasteiger partial charge in [0.05, 0.1) is 12.2 Å². The van der Waals surface area contributed by atoms with E-state index in [0.29, 0.717) is 28.2 Å². The van der Waals surface area contributed by atoms with Crippen molar-refractivity contribution >= 4 is 34.9 Å². The van der Waals surface area contributed by atoms with E-state index < -0.39 is 0 Å². The Hall–Kier alpha value is -2.57. The number of nitrogens with one attached hydrogen (secondary N) is 1. The smallest absolute Gasteiger partial charge is 0.263 e. The quantitative estimate of drug-likeness (QED) is 0.643. The van der Waals surface area contributed by atoms with Crippen molar-refractivity contribution < 1.29 is 13.9 Å². The van der Waals surface area contributed by atoms with E-state index in [2.05, 4.69) is 10.4 Å². The van der Waals surface area contributed by atoms with Crippen molar-refractivity contribution in [1.29, 1.82) is 0 Å². The number of aromatic nitrogens is 2. The lowest BCUT2D eigenvalue weighted by Crippen LogP contribution is -2.22. The molecule has 0 radical (unpaired) electrons. The molecule has 0 saturated heterocycles. The Morgan fingerprint density at radius 2 is 1.93 bits per heavy atom. The second-order valence-electron chi connectivity index (χ2n) is 5.86. The van der Waals surface area contributed by atoms with E-state index in [1.807, 2.05) is 13.0 Å². The first-order chi connectivity index (χ1) is 12.9. The molecule has 0 unspecified atom stereocenters. The van der Waals surface area contributed by atoms with Gasteiger partial charge in [0.2, 0.25) is 0 Å². The molecule has 0 spiro atoms. The van der Waals surface area contributed by atoms with Gasteiger partial charge in [-0.2, -0.15) is 5.10 Å². The van der Waals surface area contributed by atoms with E-state index >= 15 is 0 Å². The summed E-state index contributed by atoms with van der Waals surface area (Å²) in [4.78, 5) is 12.2. The first-order valence-electron chi connectivity index (χ1n) is 8.07. The molecule has 0 fully saturated rings. The molecular weight excluding hydrogens is 392 g/mol. The average molecular weight is 408 g/mol. The summed E-state index contributed by atoms with van der Waals surface area (Å²) < 4.78 is 19.9. The van der Waals surface area contributed by atoms with Crippen LogP contribution in [0.2, 0.25) is 10.0 Å². The lowest BCUT2D eigenvalue weighted by Gasteiger charge is -2.11. The fourth-order valence-electron chi connectivity index (χ4n) is 2.44. The number of ether oxygens (including phenoxy) is 1. The standard InChI is InChI=1S/C19H16Cl2FN3O2/c1-12-8-18(23-19(26)11-27-16-6-4-15(22)5-7-16)25(24-12)10-13-2-3-14(20)9-17(13)21/h2-9H,10-11H2,1H3,(H,23,26). The number of nitrogens with zero attached hydrogens (tertiary/aromatic N) is 2. The minimum absolute atomic E-state index is 0.211. The van der Waals surface area contributed by atoms with Crippen molar-refractivity contribution in [3.8, 4) is 5.75 Å². The number of hydrogen-bond acceptors (Lipinski definition) is 3. The maximum absolute atomic E-state index is 12.9. The summed E-state index contributed by atoms with van der Waals surface area (Å²) in [5, 5.41) is 8.20. The zero-order valence-electron chi connectivity index (χ0n) is 14.4. The Balaban J connectivity index is 1.66. The van der Waals surface area contributed by atoms with Gasteiger partial charge in [-0.25, -0.2) is 9.07 Å². The maximum atomic E-state index is 12.9. The Labute approximate surface area is 165 Å². The number of rotatable bonds is 6. The van der Waals surface area contributed by atoms with Gasteiger partial charge in [-0.3, -0.25) is 4.79 Å². The summed E-state index contributed by atoms with van der Waals surface area (Å²) in [7, 11) is 0. The SMILES string of the molecule is Cc1cc(NC(=O)COc2ccc(F)cc2)n(Cc2ccc(Cl)cc2Cl)n1. The van der Waals surface area contributed by atoms with Gasteiger partial charge in [-0.15, -0.1) is 0 Å². The van der Waals surface area contributed by atoms with E-state index in [1.165, 1.54) is 24.3 Å². The lowest BCUT2D eigenvalue weighted by atomic mass is 10.2. The van der Waals surface area contributed by atoms with Crippen molar-refractivity contribution in [1.82, 2.24) is 9.78 Å². The minimum atomic E-state index is -0.368. The van der Waals surface area contributed by atoms with Crippen molar-refractivity contribution in [2.75, 3.05) is 11.9 Å². The molecule has 5 nitrogen and oxygen atoms in total. The third-order valence-corrected chi connectivity index (χ3v) is 4.28. The first-order valence-corrected chi connectivity index (χ1v) is 8.83.